The molecule has 1 aromatic rings. The van der Waals surface area contributed by atoms with Gasteiger partial charge >= 0.3 is 0 Å². The van der Waals surface area contributed by atoms with E-state index in [4.69, 9.17) is 5.73 Å². The van der Waals surface area contributed by atoms with E-state index in [1.165, 1.54) is 18.4 Å². The third-order valence-corrected chi connectivity index (χ3v) is 6.29. The minimum absolute atomic E-state index is 0.125. The number of benzene rings is 1. The van der Waals surface area contributed by atoms with Gasteiger partial charge in [-0.15, -0.1) is 0 Å². The molecule has 2 N–H and O–H groups in total. The normalized spacial score (nSPS) is 23.1. The topological polar surface area (TPSA) is 83.7 Å². The fourth-order valence-electron chi connectivity index (χ4n) is 2.88. The Labute approximate surface area is 138 Å². The van der Waals surface area contributed by atoms with Crippen molar-refractivity contribution in [2.75, 3.05) is 20.6 Å². The van der Waals surface area contributed by atoms with Crippen LogP contribution in [0.1, 0.15) is 25.3 Å². The molecule has 1 heterocycles. The van der Waals surface area contributed by atoms with E-state index in [2.05, 4.69) is 11.8 Å². The number of hydrogen-bond acceptors (Lipinski definition) is 4. The first kappa shape index (κ1) is 17.9. The van der Waals surface area contributed by atoms with Gasteiger partial charge in [0, 0.05) is 33.2 Å². The van der Waals surface area contributed by atoms with Gasteiger partial charge in [-0.1, -0.05) is 12.1 Å². The molecule has 6 nitrogen and oxygen atoms in total. The van der Waals surface area contributed by atoms with Gasteiger partial charge in [0.05, 0.1) is 10.8 Å². The van der Waals surface area contributed by atoms with Crippen LogP contribution in [0.5, 0.6) is 0 Å². The lowest BCUT2D eigenvalue weighted by Crippen LogP contribution is -2.45. The number of likely N-dealkylation sites (tertiary alicyclic amines) is 1. The SMILES string of the molecule is C[C@@H]1CC[C@H](C(N)=O)CN1Cc1cccc(S(=O)(=O)N(C)C)c1. The first-order valence-electron chi connectivity index (χ1n) is 7.76. The minimum atomic E-state index is -3.44. The quantitative estimate of drug-likeness (QED) is 0.868. The molecule has 23 heavy (non-hydrogen) atoms. The summed E-state index contributed by atoms with van der Waals surface area (Å²) in [6.07, 6.45) is 1.74. The molecular formula is C16H25N3O3S. The maximum absolute atomic E-state index is 12.2. The molecule has 1 aliphatic heterocycles. The average Bonchev–Trinajstić information content (AvgIpc) is 2.49. The van der Waals surface area contributed by atoms with Gasteiger partial charge in [0.2, 0.25) is 15.9 Å². The Morgan fingerprint density at radius 2 is 2.04 bits per heavy atom. The molecule has 0 saturated carbocycles. The Morgan fingerprint density at radius 1 is 1.35 bits per heavy atom. The van der Waals surface area contributed by atoms with Crippen molar-refractivity contribution in [1.82, 2.24) is 9.21 Å². The Morgan fingerprint density at radius 3 is 2.65 bits per heavy atom. The van der Waals surface area contributed by atoms with Crippen LogP contribution >= 0.6 is 0 Å². The van der Waals surface area contributed by atoms with Crippen LogP contribution in [0, 0.1) is 5.92 Å². The maximum Gasteiger partial charge on any atom is 0.242 e. The first-order chi connectivity index (χ1) is 10.7. The molecule has 128 valence electrons. The van der Waals surface area contributed by atoms with Crippen molar-refractivity contribution in [1.29, 1.82) is 0 Å². The summed E-state index contributed by atoms with van der Waals surface area (Å²) < 4.78 is 25.7. The van der Waals surface area contributed by atoms with E-state index in [0.717, 1.165) is 18.4 Å². The number of primary amides is 1. The Hall–Kier alpha value is -1.44. The summed E-state index contributed by atoms with van der Waals surface area (Å²) in [5.41, 5.74) is 6.35. The van der Waals surface area contributed by atoms with E-state index < -0.39 is 10.0 Å². The van der Waals surface area contributed by atoms with Crippen LogP contribution in [0.4, 0.5) is 0 Å². The molecule has 1 aromatic carbocycles. The molecule has 1 aliphatic rings. The maximum atomic E-state index is 12.2. The number of nitrogens with two attached hydrogens (primary N) is 1. The van der Waals surface area contributed by atoms with E-state index >= 15 is 0 Å². The minimum Gasteiger partial charge on any atom is -0.369 e. The number of sulfonamides is 1. The van der Waals surface area contributed by atoms with Crippen LogP contribution in [0.15, 0.2) is 29.2 Å². The highest BCUT2D eigenvalue weighted by atomic mass is 32.2. The van der Waals surface area contributed by atoms with Crippen LogP contribution in [0.3, 0.4) is 0 Å². The number of piperidine rings is 1. The van der Waals surface area contributed by atoms with Gasteiger partial charge in [0.25, 0.3) is 0 Å². The summed E-state index contributed by atoms with van der Waals surface area (Å²) >= 11 is 0. The Kier molecular flexibility index (Phi) is 5.44. The monoisotopic (exact) mass is 339 g/mol. The predicted molar refractivity (Wildman–Crippen MR) is 89.1 cm³/mol. The summed E-state index contributed by atoms with van der Waals surface area (Å²) in [7, 11) is -0.397. The second kappa shape index (κ2) is 6.98. The summed E-state index contributed by atoms with van der Waals surface area (Å²) in [5, 5.41) is 0. The highest BCUT2D eigenvalue weighted by Crippen LogP contribution is 2.24. The lowest BCUT2D eigenvalue weighted by Gasteiger charge is -2.36. The summed E-state index contributed by atoms with van der Waals surface area (Å²) in [4.78, 5) is 13.9. The standard InChI is InChI=1S/C16H25N3O3S/c1-12-7-8-14(16(17)20)11-19(12)10-13-5-4-6-15(9-13)23(21,22)18(2)3/h4-6,9,12,14H,7-8,10-11H2,1-3H3,(H2,17,20)/t12-,14+/m1/s1. The number of hydrogen-bond donors (Lipinski definition) is 1. The van der Waals surface area contributed by atoms with E-state index in [1.54, 1.807) is 18.2 Å². The molecule has 0 unspecified atom stereocenters. The van der Waals surface area contributed by atoms with Gasteiger partial charge in [-0.2, -0.15) is 0 Å². The molecule has 1 saturated heterocycles. The average molecular weight is 339 g/mol. The smallest absolute Gasteiger partial charge is 0.242 e. The number of nitrogens with zero attached hydrogens (tertiary/aromatic N) is 2. The molecule has 0 spiro atoms. The molecule has 0 aliphatic carbocycles. The van der Waals surface area contributed by atoms with Crippen LogP contribution in [0.2, 0.25) is 0 Å². The van der Waals surface area contributed by atoms with E-state index in [9.17, 15) is 13.2 Å². The predicted octanol–water partition coefficient (Wildman–Crippen LogP) is 1.02. The second-order valence-electron chi connectivity index (χ2n) is 6.39. The van der Waals surface area contributed by atoms with Crippen LogP contribution in [-0.2, 0) is 21.4 Å². The zero-order valence-electron chi connectivity index (χ0n) is 13.9. The third-order valence-electron chi connectivity index (χ3n) is 4.48. The number of rotatable bonds is 5. The van der Waals surface area contributed by atoms with E-state index in [-0.39, 0.29) is 16.7 Å². The molecule has 1 amide bonds. The van der Waals surface area contributed by atoms with Gasteiger partial charge < -0.3 is 5.73 Å². The fraction of sp³-hybridized carbons (Fsp3) is 0.562. The number of amides is 1. The Balaban J connectivity index is 2.18. The largest absolute Gasteiger partial charge is 0.369 e. The molecular weight excluding hydrogens is 314 g/mol. The van der Waals surface area contributed by atoms with Crippen molar-refractivity contribution < 1.29 is 13.2 Å². The van der Waals surface area contributed by atoms with Crippen molar-refractivity contribution in [2.45, 2.75) is 37.2 Å². The lowest BCUT2D eigenvalue weighted by atomic mass is 9.92. The highest BCUT2D eigenvalue weighted by Gasteiger charge is 2.28. The van der Waals surface area contributed by atoms with Crippen LogP contribution in [-0.4, -0.2) is 50.2 Å². The Bertz CT molecular complexity index is 673. The second-order valence-corrected chi connectivity index (χ2v) is 8.54. The molecule has 0 radical (unpaired) electrons. The molecule has 2 atom stereocenters. The van der Waals surface area contributed by atoms with E-state index in [0.29, 0.717) is 19.1 Å². The molecule has 1 fully saturated rings. The van der Waals surface area contributed by atoms with Crippen molar-refractivity contribution >= 4 is 15.9 Å². The van der Waals surface area contributed by atoms with Crippen molar-refractivity contribution in [3.63, 3.8) is 0 Å². The third kappa shape index (κ3) is 4.10. The van der Waals surface area contributed by atoms with Crippen LogP contribution in [0.25, 0.3) is 0 Å². The zero-order chi connectivity index (χ0) is 17.2. The van der Waals surface area contributed by atoms with Gasteiger partial charge in [-0.25, -0.2) is 12.7 Å². The number of carbonyl (C=O) groups is 1. The van der Waals surface area contributed by atoms with E-state index in [1.807, 2.05) is 6.07 Å². The van der Waals surface area contributed by atoms with Gasteiger partial charge in [-0.05, 0) is 37.5 Å². The van der Waals surface area contributed by atoms with Gasteiger partial charge in [0.1, 0.15) is 0 Å². The van der Waals surface area contributed by atoms with Crippen molar-refractivity contribution in [3.8, 4) is 0 Å². The first-order valence-corrected chi connectivity index (χ1v) is 9.20. The van der Waals surface area contributed by atoms with Crippen molar-refractivity contribution in [2.24, 2.45) is 11.7 Å². The highest BCUT2D eigenvalue weighted by molar-refractivity contribution is 7.89. The summed E-state index contributed by atoms with van der Waals surface area (Å²) in [6.45, 7) is 3.36. The fourth-order valence-corrected chi connectivity index (χ4v) is 3.85. The van der Waals surface area contributed by atoms with Crippen LogP contribution < -0.4 is 5.73 Å². The molecule has 7 heteroatoms. The van der Waals surface area contributed by atoms with Gasteiger partial charge in [0.15, 0.2) is 0 Å². The van der Waals surface area contributed by atoms with Crippen molar-refractivity contribution in [3.05, 3.63) is 29.8 Å². The van der Waals surface area contributed by atoms with Gasteiger partial charge in [-0.3, -0.25) is 9.69 Å². The lowest BCUT2D eigenvalue weighted by molar-refractivity contribution is -0.124. The number of carbonyl (C=O) groups excluding carboxylic acids is 1. The molecule has 2 rings (SSSR count). The summed E-state index contributed by atoms with van der Waals surface area (Å²) in [5.74, 6) is -0.384. The molecule has 0 bridgehead atoms. The molecule has 0 aromatic heterocycles. The zero-order valence-corrected chi connectivity index (χ0v) is 14.7. The summed E-state index contributed by atoms with van der Waals surface area (Å²) in [6, 6.07) is 7.32.